The van der Waals surface area contributed by atoms with E-state index < -0.39 is 12.1 Å². The average Bonchev–Trinajstić information content (AvgIpc) is 3.45. The highest BCUT2D eigenvalue weighted by atomic mass is 16.6. The van der Waals surface area contributed by atoms with Crippen molar-refractivity contribution in [1.29, 1.82) is 0 Å². The first-order valence-corrected chi connectivity index (χ1v) is 34.8. The second-order valence-corrected chi connectivity index (χ2v) is 23.4. The zero-order valence-corrected chi connectivity index (χ0v) is 52.9. The summed E-state index contributed by atoms with van der Waals surface area (Å²) in [6.45, 7) is 6.51. The number of rotatable bonds is 64. The van der Waals surface area contributed by atoms with Crippen molar-refractivity contribution in [3.05, 3.63) is 60.8 Å². The lowest BCUT2D eigenvalue weighted by Crippen LogP contribution is -2.30. The predicted octanol–water partition coefficient (Wildman–Crippen LogP) is 23.9. The summed E-state index contributed by atoms with van der Waals surface area (Å²) < 4.78 is 16.9. The molecule has 0 saturated heterocycles. The molecule has 460 valence electrons. The Bertz CT molecular complexity index is 1410. The Morgan fingerprint density at radius 1 is 0.266 bits per heavy atom. The van der Waals surface area contributed by atoms with E-state index in [1.54, 1.807) is 0 Å². The molecule has 1 unspecified atom stereocenters. The Labute approximate surface area is 491 Å². The van der Waals surface area contributed by atoms with Crippen molar-refractivity contribution in [2.24, 2.45) is 0 Å². The minimum absolute atomic E-state index is 0.0989. The summed E-state index contributed by atoms with van der Waals surface area (Å²) in [4.78, 5) is 38.3. The van der Waals surface area contributed by atoms with Crippen LogP contribution in [0.5, 0.6) is 0 Å². The predicted molar refractivity (Wildman–Crippen MR) is 344 cm³/mol. The van der Waals surface area contributed by atoms with Crippen molar-refractivity contribution in [2.45, 2.75) is 374 Å². The van der Waals surface area contributed by atoms with E-state index >= 15 is 0 Å². The highest BCUT2D eigenvalue weighted by molar-refractivity contribution is 5.72. The van der Waals surface area contributed by atoms with Crippen LogP contribution in [0.25, 0.3) is 0 Å². The van der Waals surface area contributed by atoms with Gasteiger partial charge in [-0.1, -0.05) is 364 Å². The van der Waals surface area contributed by atoms with Crippen molar-refractivity contribution in [3.63, 3.8) is 0 Å². The van der Waals surface area contributed by atoms with Crippen LogP contribution < -0.4 is 0 Å². The van der Waals surface area contributed by atoms with E-state index in [2.05, 4.69) is 69.4 Å². The third-order valence-corrected chi connectivity index (χ3v) is 15.6. The highest BCUT2D eigenvalue weighted by Gasteiger charge is 2.19. The van der Waals surface area contributed by atoms with Crippen LogP contribution in [0.4, 0.5) is 0 Å². The summed E-state index contributed by atoms with van der Waals surface area (Å²) in [6.07, 6.45) is 87.1. The molecule has 0 aromatic carbocycles. The van der Waals surface area contributed by atoms with Crippen LogP contribution >= 0.6 is 0 Å². The highest BCUT2D eigenvalue weighted by Crippen LogP contribution is 2.19. The second kappa shape index (κ2) is 67.6. The van der Waals surface area contributed by atoms with E-state index in [1.807, 2.05) is 12.2 Å². The van der Waals surface area contributed by atoms with Gasteiger partial charge in [0.05, 0.1) is 6.42 Å². The molecule has 0 aromatic rings. The molecule has 0 radical (unpaired) electrons. The van der Waals surface area contributed by atoms with Gasteiger partial charge in [0.25, 0.3) is 0 Å². The molecule has 0 aliphatic carbocycles. The molecular formula is C73H132O6. The molecule has 79 heavy (non-hydrogen) atoms. The van der Waals surface area contributed by atoms with Crippen molar-refractivity contribution < 1.29 is 28.6 Å². The van der Waals surface area contributed by atoms with E-state index in [0.29, 0.717) is 12.8 Å². The monoisotopic (exact) mass is 1110 g/mol. The number of carbonyl (C=O) groups is 3. The molecule has 0 amide bonds. The van der Waals surface area contributed by atoms with Crippen molar-refractivity contribution >= 4 is 17.9 Å². The van der Waals surface area contributed by atoms with E-state index in [4.69, 9.17) is 14.2 Å². The number of unbranched alkanes of at least 4 members (excludes halogenated alkanes) is 44. The summed E-state index contributed by atoms with van der Waals surface area (Å²) in [6, 6.07) is 0. The van der Waals surface area contributed by atoms with Gasteiger partial charge < -0.3 is 14.2 Å². The lowest BCUT2D eigenvalue weighted by molar-refractivity contribution is -0.166. The molecule has 0 heterocycles. The maximum Gasteiger partial charge on any atom is 0.309 e. The van der Waals surface area contributed by atoms with Gasteiger partial charge in [-0.05, 0) is 44.9 Å². The number of hydrogen-bond donors (Lipinski definition) is 0. The zero-order chi connectivity index (χ0) is 57.1. The van der Waals surface area contributed by atoms with Crippen LogP contribution in [0.3, 0.4) is 0 Å². The van der Waals surface area contributed by atoms with Gasteiger partial charge in [-0.15, -0.1) is 0 Å². The smallest absolute Gasteiger partial charge is 0.309 e. The molecule has 0 aliphatic heterocycles. The summed E-state index contributed by atoms with van der Waals surface area (Å²) in [5, 5.41) is 0. The Kier molecular flexibility index (Phi) is 65.1. The van der Waals surface area contributed by atoms with Crippen LogP contribution in [0.15, 0.2) is 60.8 Å². The first kappa shape index (κ1) is 76.1. The molecule has 0 bridgehead atoms. The van der Waals surface area contributed by atoms with E-state index in [1.165, 1.54) is 257 Å². The molecule has 0 spiro atoms. The topological polar surface area (TPSA) is 78.9 Å². The molecule has 6 nitrogen and oxygen atoms in total. The molecule has 0 fully saturated rings. The van der Waals surface area contributed by atoms with Crippen molar-refractivity contribution in [1.82, 2.24) is 0 Å². The van der Waals surface area contributed by atoms with Crippen LogP contribution in [0, 0.1) is 0 Å². The van der Waals surface area contributed by atoms with E-state index in [9.17, 15) is 14.4 Å². The van der Waals surface area contributed by atoms with Crippen molar-refractivity contribution in [2.75, 3.05) is 13.2 Å². The van der Waals surface area contributed by atoms with Gasteiger partial charge in [-0.25, -0.2) is 0 Å². The summed E-state index contributed by atoms with van der Waals surface area (Å²) >= 11 is 0. The zero-order valence-electron chi connectivity index (χ0n) is 52.9. The van der Waals surface area contributed by atoms with Crippen LogP contribution in [0.1, 0.15) is 367 Å². The third-order valence-electron chi connectivity index (χ3n) is 15.6. The first-order valence-electron chi connectivity index (χ1n) is 34.8. The summed E-state index contributed by atoms with van der Waals surface area (Å²) in [5.41, 5.74) is 0. The number of ether oxygens (including phenoxy) is 3. The third kappa shape index (κ3) is 65.8. The maximum absolute atomic E-state index is 12.9. The normalized spacial score (nSPS) is 12.4. The minimum atomic E-state index is -0.812. The van der Waals surface area contributed by atoms with Gasteiger partial charge in [-0.3, -0.25) is 14.4 Å². The van der Waals surface area contributed by atoms with Gasteiger partial charge in [-0.2, -0.15) is 0 Å². The molecule has 0 aromatic heterocycles. The van der Waals surface area contributed by atoms with Gasteiger partial charge in [0, 0.05) is 12.8 Å². The maximum atomic E-state index is 12.9. The average molecular weight is 1110 g/mol. The Balaban J connectivity index is 4.33. The first-order chi connectivity index (χ1) is 39.0. The largest absolute Gasteiger partial charge is 0.462 e. The lowest BCUT2D eigenvalue weighted by Gasteiger charge is -2.18. The van der Waals surface area contributed by atoms with Gasteiger partial charge in [0.1, 0.15) is 13.2 Å². The molecular weight excluding hydrogens is 973 g/mol. The van der Waals surface area contributed by atoms with E-state index in [0.717, 1.165) is 70.6 Å². The SMILES string of the molecule is CC/C=C\C/C=C\C/C=C\C/C=C\C/C=C\CC(=O)OCC(COC(=O)CCCCCCCCCCCCCCCCCCCCCCCCC)OC(=O)CCCCCCCCCCCCCCCCCCCCCCCCC. The van der Waals surface area contributed by atoms with Crippen LogP contribution in [-0.2, 0) is 28.6 Å². The quantitative estimate of drug-likeness (QED) is 0.0261. The molecule has 0 saturated carbocycles. The van der Waals surface area contributed by atoms with Crippen LogP contribution in [0.2, 0.25) is 0 Å². The van der Waals surface area contributed by atoms with Gasteiger partial charge >= 0.3 is 17.9 Å². The minimum Gasteiger partial charge on any atom is -0.462 e. The number of allylic oxidation sites excluding steroid dienone is 9. The Morgan fingerprint density at radius 2 is 0.494 bits per heavy atom. The fourth-order valence-electron chi connectivity index (χ4n) is 10.4. The number of carbonyl (C=O) groups excluding carboxylic acids is 3. The molecule has 0 N–H and O–H groups in total. The fraction of sp³-hybridized carbons (Fsp3) is 0.822. The van der Waals surface area contributed by atoms with Crippen molar-refractivity contribution in [3.8, 4) is 0 Å². The number of hydrogen-bond acceptors (Lipinski definition) is 6. The van der Waals surface area contributed by atoms with Crippen LogP contribution in [-0.4, -0.2) is 37.2 Å². The number of esters is 3. The van der Waals surface area contributed by atoms with Gasteiger partial charge in [0.15, 0.2) is 6.10 Å². The summed E-state index contributed by atoms with van der Waals surface area (Å²) in [5.74, 6) is -1.01. The molecule has 6 heteroatoms. The lowest BCUT2D eigenvalue weighted by atomic mass is 10.0. The second-order valence-electron chi connectivity index (χ2n) is 23.4. The summed E-state index contributed by atoms with van der Waals surface area (Å²) in [7, 11) is 0. The standard InChI is InChI=1S/C73H132O6/c1-4-7-10-13-16-19-22-25-28-30-32-34-36-38-40-42-45-48-51-54-57-60-63-66-72(75)78-69-70(68-77-71(74)65-62-59-56-53-50-47-44-27-24-21-18-15-12-9-6-3)79-73(76)67-64-61-58-55-52-49-46-43-41-39-37-35-33-31-29-26-23-20-17-14-11-8-5-2/h9,12,18,21,27,44,50,53,59,62,70H,4-8,10-11,13-17,19-20,22-26,28-43,45-49,51-52,54-58,60-61,63-69H2,1-3H3/b12-9-,21-18-,44-27-,53-50-,62-59-. The molecule has 0 rings (SSSR count). The fourth-order valence-corrected chi connectivity index (χ4v) is 10.4. The Hall–Kier alpha value is -2.89. The van der Waals surface area contributed by atoms with E-state index in [-0.39, 0.29) is 31.6 Å². The van der Waals surface area contributed by atoms with Gasteiger partial charge in [0.2, 0.25) is 0 Å². The Morgan fingerprint density at radius 3 is 0.772 bits per heavy atom. The molecule has 0 aliphatic rings. The molecule has 1 atom stereocenters.